The van der Waals surface area contributed by atoms with Crippen LogP contribution in [0.4, 0.5) is 5.69 Å². The van der Waals surface area contributed by atoms with Gasteiger partial charge in [0.1, 0.15) is 11.8 Å². The summed E-state index contributed by atoms with van der Waals surface area (Å²) in [4.78, 5) is 25.6. The van der Waals surface area contributed by atoms with Crippen LogP contribution in [0.1, 0.15) is 57.5 Å². The van der Waals surface area contributed by atoms with Crippen LogP contribution in [-0.2, 0) is 10.2 Å². The van der Waals surface area contributed by atoms with Crippen molar-refractivity contribution in [1.29, 1.82) is 0 Å². The monoisotopic (exact) mass is 396 g/mol. The largest absolute Gasteiger partial charge is 0.492 e. The number of para-hydroxylation sites is 2. The Kier molecular flexibility index (Phi) is 7.43. The van der Waals surface area contributed by atoms with Gasteiger partial charge in [0.25, 0.3) is 5.91 Å². The number of nitrogens with one attached hydrogen (secondary N) is 2. The summed E-state index contributed by atoms with van der Waals surface area (Å²) in [5.41, 5.74) is 2.29. The maximum atomic E-state index is 12.9. The molecule has 0 saturated carbocycles. The van der Waals surface area contributed by atoms with Gasteiger partial charge in [0.05, 0.1) is 12.3 Å². The highest BCUT2D eigenvalue weighted by Gasteiger charge is 2.25. The first kappa shape index (κ1) is 22.5. The maximum Gasteiger partial charge on any atom is 0.251 e. The highest BCUT2D eigenvalue weighted by atomic mass is 16.5. The number of benzene rings is 2. The SMILES string of the molecule is CCOc1ccccc1NC(=O)[C@@H](NC(=O)c1ccc(C(C)(C)C)cc1)C(C)C. The van der Waals surface area contributed by atoms with Crippen molar-refractivity contribution >= 4 is 17.5 Å². The van der Waals surface area contributed by atoms with Crippen molar-refractivity contribution in [1.82, 2.24) is 5.32 Å². The third kappa shape index (κ3) is 6.08. The molecule has 0 bridgehead atoms. The first-order valence-corrected chi connectivity index (χ1v) is 10.1. The number of amides is 2. The number of rotatable bonds is 7. The van der Waals surface area contributed by atoms with E-state index in [0.29, 0.717) is 23.6 Å². The molecule has 29 heavy (non-hydrogen) atoms. The molecule has 0 aliphatic heterocycles. The molecule has 0 fully saturated rings. The fourth-order valence-corrected chi connectivity index (χ4v) is 2.94. The van der Waals surface area contributed by atoms with Gasteiger partial charge in [-0.1, -0.05) is 58.9 Å². The second-order valence-corrected chi connectivity index (χ2v) is 8.44. The zero-order chi connectivity index (χ0) is 21.6. The maximum absolute atomic E-state index is 12.9. The van der Waals surface area contributed by atoms with Crippen LogP contribution in [0.15, 0.2) is 48.5 Å². The third-order valence-corrected chi connectivity index (χ3v) is 4.69. The van der Waals surface area contributed by atoms with E-state index < -0.39 is 6.04 Å². The third-order valence-electron chi connectivity index (χ3n) is 4.69. The summed E-state index contributed by atoms with van der Waals surface area (Å²) in [6.07, 6.45) is 0. The molecule has 2 N–H and O–H groups in total. The predicted octanol–water partition coefficient (Wildman–Crippen LogP) is 4.78. The predicted molar refractivity (Wildman–Crippen MR) is 117 cm³/mol. The van der Waals surface area contributed by atoms with E-state index in [4.69, 9.17) is 4.74 Å². The molecule has 2 amide bonds. The zero-order valence-corrected chi connectivity index (χ0v) is 18.2. The summed E-state index contributed by atoms with van der Waals surface area (Å²) < 4.78 is 5.57. The number of ether oxygens (including phenoxy) is 1. The van der Waals surface area contributed by atoms with Crippen LogP contribution >= 0.6 is 0 Å². The van der Waals surface area contributed by atoms with Crippen molar-refractivity contribution in [3.8, 4) is 5.75 Å². The normalized spacial score (nSPS) is 12.4. The van der Waals surface area contributed by atoms with Crippen LogP contribution in [0.2, 0.25) is 0 Å². The molecule has 156 valence electrons. The first-order valence-electron chi connectivity index (χ1n) is 10.1. The molecule has 2 aromatic carbocycles. The summed E-state index contributed by atoms with van der Waals surface area (Å²) >= 11 is 0. The minimum atomic E-state index is -0.667. The van der Waals surface area contributed by atoms with E-state index >= 15 is 0 Å². The highest BCUT2D eigenvalue weighted by Crippen LogP contribution is 2.25. The molecule has 0 aliphatic carbocycles. The highest BCUT2D eigenvalue weighted by molar-refractivity contribution is 6.01. The van der Waals surface area contributed by atoms with Crippen LogP contribution in [0, 0.1) is 5.92 Å². The standard InChI is InChI=1S/C24H32N2O3/c1-7-29-20-11-9-8-10-19(20)25-23(28)21(16(2)3)26-22(27)17-12-14-18(15-13-17)24(4,5)6/h8-16,21H,7H2,1-6H3,(H,25,28)(H,26,27)/t21-/m0/s1. The lowest BCUT2D eigenvalue weighted by atomic mass is 9.86. The van der Waals surface area contributed by atoms with E-state index in [-0.39, 0.29) is 23.1 Å². The molecular formula is C24H32N2O3. The van der Waals surface area contributed by atoms with Crippen molar-refractivity contribution < 1.29 is 14.3 Å². The summed E-state index contributed by atoms with van der Waals surface area (Å²) in [5.74, 6) is -0.00813. The smallest absolute Gasteiger partial charge is 0.251 e. The van der Waals surface area contributed by atoms with Gasteiger partial charge in [0, 0.05) is 5.56 Å². The van der Waals surface area contributed by atoms with Gasteiger partial charge >= 0.3 is 0 Å². The first-order chi connectivity index (χ1) is 13.6. The second-order valence-electron chi connectivity index (χ2n) is 8.44. The molecule has 0 heterocycles. The van der Waals surface area contributed by atoms with Crippen LogP contribution < -0.4 is 15.4 Å². The second kappa shape index (κ2) is 9.59. The lowest BCUT2D eigenvalue weighted by Crippen LogP contribution is -2.47. The van der Waals surface area contributed by atoms with Gasteiger partial charge in [-0.05, 0) is 48.1 Å². The molecule has 5 heteroatoms. The molecule has 0 unspecified atom stereocenters. The van der Waals surface area contributed by atoms with Gasteiger partial charge in [-0.2, -0.15) is 0 Å². The summed E-state index contributed by atoms with van der Waals surface area (Å²) in [6, 6.07) is 14.1. The molecule has 2 rings (SSSR count). The fraction of sp³-hybridized carbons (Fsp3) is 0.417. The summed E-state index contributed by atoms with van der Waals surface area (Å²) in [6.45, 7) is 12.6. The molecule has 1 atom stereocenters. The quantitative estimate of drug-likeness (QED) is 0.708. The molecule has 5 nitrogen and oxygen atoms in total. The van der Waals surface area contributed by atoms with Gasteiger partial charge < -0.3 is 15.4 Å². The number of carbonyl (C=O) groups is 2. The van der Waals surface area contributed by atoms with Gasteiger partial charge in [-0.3, -0.25) is 9.59 Å². The summed E-state index contributed by atoms with van der Waals surface area (Å²) in [5, 5.41) is 5.75. The van der Waals surface area contributed by atoms with Gasteiger partial charge in [-0.15, -0.1) is 0 Å². The van der Waals surface area contributed by atoms with Crippen molar-refractivity contribution in [3.05, 3.63) is 59.7 Å². The van der Waals surface area contributed by atoms with Crippen LogP contribution in [0.3, 0.4) is 0 Å². The van der Waals surface area contributed by atoms with E-state index in [1.807, 2.05) is 45.0 Å². The van der Waals surface area contributed by atoms with Crippen molar-refractivity contribution in [2.75, 3.05) is 11.9 Å². The topological polar surface area (TPSA) is 67.4 Å². The Morgan fingerprint density at radius 2 is 1.62 bits per heavy atom. The van der Waals surface area contributed by atoms with Crippen molar-refractivity contribution in [2.45, 2.75) is 53.0 Å². The average Bonchev–Trinajstić information content (AvgIpc) is 2.66. The number of carbonyl (C=O) groups excluding carboxylic acids is 2. The zero-order valence-electron chi connectivity index (χ0n) is 18.2. The Morgan fingerprint density at radius 1 is 1.00 bits per heavy atom. The molecule has 0 radical (unpaired) electrons. The number of hydrogen-bond acceptors (Lipinski definition) is 3. The van der Waals surface area contributed by atoms with E-state index in [1.54, 1.807) is 24.3 Å². The van der Waals surface area contributed by atoms with Crippen molar-refractivity contribution in [2.24, 2.45) is 5.92 Å². The molecule has 0 spiro atoms. The fourth-order valence-electron chi connectivity index (χ4n) is 2.94. The molecule has 0 aliphatic rings. The molecule has 0 saturated heterocycles. The minimum Gasteiger partial charge on any atom is -0.492 e. The van der Waals surface area contributed by atoms with Crippen LogP contribution in [-0.4, -0.2) is 24.5 Å². The van der Waals surface area contributed by atoms with Gasteiger partial charge in [0.15, 0.2) is 0 Å². The summed E-state index contributed by atoms with van der Waals surface area (Å²) in [7, 11) is 0. The lowest BCUT2D eigenvalue weighted by molar-refractivity contribution is -0.118. The average molecular weight is 397 g/mol. The van der Waals surface area contributed by atoms with Gasteiger partial charge in [0.2, 0.25) is 5.91 Å². The molecule has 0 aromatic heterocycles. The molecule has 2 aromatic rings. The van der Waals surface area contributed by atoms with Crippen molar-refractivity contribution in [3.63, 3.8) is 0 Å². The lowest BCUT2D eigenvalue weighted by Gasteiger charge is -2.23. The number of hydrogen-bond donors (Lipinski definition) is 2. The Hall–Kier alpha value is -2.82. The minimum absolute atomic E-state index is 0.0172. The number of anilines is 1. The Labute approximate surface area is 173 Å². The molecular weight excluding hydrogens is 364 g/mol. The van der Waals surface area contributed by atoms with Crippen LogP contribution in [0.5, 0.6) is 5.75 Å². The van der Waals surface area contributed by atoms with Crippen LogP contribution in [0.25, 0.3) is 0 Å². The van der Waals surface area contributed by atoms with E-state index in [9.17, 15) is 9.59 Å². The van der Waals surface area contributed by atoms with E-state index in [1.165, 1.54) is 0 Å². The Bertz CT molecular complexity index is 836. The van der Waals surface area contributed by atoms with E-state index in [0.717, 1.165) is 5.56 Å². The van der Waals surface area contributed by atoms with E-state index in [2.05, 4.69) is 31.4 Å². The Morgan fingerprint density at radius 3 is 2.17 bits per heavy atom. The Balaban J connectivity index is 2.13. The van der Waals surface area contributed by atoms with Gasteiger partial charge in [-0.25, -0.2) is 0 Å².